The number of nitrogens with one attached hydrogen (secondary N) is 2. The van der Waals surface area contributed by atoms with Crippen molar-refractivity contribution in [3.63, 3.8) is 0 Å². The van der Waals surface area contributed by atoms with Crippen LogP contribution in [0.5, 0.6) is 11.5 Å². The van der Waals surface area contributed by atoms with E-state index in [0.29, 0.717) is 18.0 Å². The number of aryl methyl sites for hydroxylation is 1. The summed E-state index contributed by atoms with van der Waals surface area (Å²) in [5, 5.41) is 17.2. The summed E-state index contributed by atoms with van der Waals surface area (Å²) in [4.78, 5) is 28.4. The minimum atomic E-state index is -1.000. The minimum absolute atomic E-state index is 0.0191. The molecule has 0 fully saturated rings. The maximum absolute atomic E-state index is 13.3. The number of rotatable bonds is 7. The molecule has 2 aromatic carbocycles. The summed E-state index contributed by atoms with van der Waals surface area (Å²) >= 11 is 0. The van der Waals surface area contributed by atoms with Crippen LogP contribution in [0.3, 0.4) is 0 Å². The molecule has 3 heterocycles. The van der Waals surface area contributed by atoms with E-state index in [-0.39, 0.29) is 17.2 Å². The number of fused-ring (bicyclic) bond motifs is 1. The van der Waals surface area contributed by atoms with E-state index < -0.39 is 23.9 Å². The summed E-state index contributed by atoms with van der Waals surface area (Å²) in [5.74, 6) is -0.445. The number of hydrogen-bond donors (Lipinski definition) is 3. The summed E-state index contributed by atoms with van der Waals surface area (Å²) in [7, 11) is 2.87. The van der Waals surface area contributed by atoms with Gasteiger partial charge in [-0.3, -0.25) is 20.4 Å². The van der Waals surface area contributed by atoms with Crippen LogP contribution in [-0.2, 0) is 11.2 Å². The number of nitrogens with two attached hydrogens (primary N) is 1. The molecule has 5 rings (SSSR count). The van der Waals surface area contributed by atoms with Gasteiger partial charge in [0.15, 0.2) is 6.04 Å². The maximum atomic E-state index is 13.3. The number of ether oxygens (including phenoxy) is 2. The van der Waals surface area contributed by atoms with Crippen molar-refractivity contribution >= 4 is 29.1 Å². The van der Waals surface area contributed by atoms with Gasteiger partial charge in [0.05, 0.1) is 14.2 Å². The van der Waals surface area contributed by atoms with E-state index in [1.807, 2.05) is 18.2 Å². The number of benzene rings is 2. The Bertz CT molecular complexity index is 1340. The van der Waals surface area contributed by atoms with Gasteiger partial charge in [-0.25, -0.2) is 9.64 Å². The van der Waals surface area contributed by atoms with Crippen molar-refractivity contribution in [3.05, 3.63) is 53.6 Å². The van der Waals surface area contributed by atoms with E-state index in [1.165, 1.54) is 24.8 Å². The zero-order valence-corrected chi connectivity index (χ0v) is 20.8. The van der Waals surface area contributed by atoms with Gasteiger partial charge in [-0.2, -0.15) is 5.11 Å². The number of methoxy groups -OCH3 is 2. The molecule has 0 saturated carbocycles. The molecule has 38 heavy (non-hydrogen) atoms. The standard InChI is InChI=1S/C24H27N9O5/c1-36-17-10-5-11-18(37-2)19(17)23(34)27-28-24(35)20-16(33(31-26-20)22-21(25)29-38-30-22)13-32-12-6-8-14-7-3-4-9-15(14)32/h3-5,7,9-11,16,20H,6,8,12-13H2,1-2H3,(H2,25,29)(H,27,34)(H,28,35). The summed E-state index contributed by atoms with van der Waals surface area (Å²) in [5.41, 5.74) is 13.2. The number of carbonyl (C=O) groups excluding carboxylic acids is 2. The second-order valence-electron chi connectivity index (χ2n) is 8.69. The Hall–Kier alpha value is -4.88. The number of hydrazine groups is 1. The van der Waals surface area contributed by atoms with Gasteiger partial charge in [-0.15, -0.1) is 0 Å². The number of para-hydroxylation sites is 1. The van der Waals surface area contributed by atoms with Crippen LogP contribution >= 0.6 is 0 Å². The van der Waals surface area contributed by atoms with E-state index in [0.717, 1.165) is 25.1 Å². The lowest BCUT2D eigenvalue weighted by molar-refractivity contribution is -0.123. The van der Waals surface area contributed by atoms with Gasteiger partial charge < -0.3 is 20.1 Å². The van der Waals surface area contributed by atoms with Crippen LogP contribution < -0.4 is 36.0 Å². The Morgan fingerprint density at radius 2 is 1.84 bits per heavy atom. The van der Waals surface area contributed by atoms with Gasteiger partial charge in [0.2, 0.25) is 11.6 Å². The van der Waals surface area contributed by atoms with Crippen molar-refractivity contribution in [2.24, 2.45) is 10.3 Å². The van der Waals surface area contributed by atoms with E-state index in [9.17, 15) is 9.59 Å². The number of amides is 2. The maximum Gasteiger partial charge on any atom is 0.277 e. The highest BCUT2D eigenvalue weighted by Crippen LogP contribution is 2.32. The summed E-state index contributed by atoms with van der Waals surface area (Å²) in [6.45, 7) is 1.16. The lowest BCUT2D eigenvalue weighted by Gasteiger charge is -2.35. The molecule has 0 bridgehead atoms. The number of anilines is 3. The first kappa shape index (κ1) is 24.8. The van der Waals surface area contributed by atoms with Crippen LogP contribution in [0.1, 0.15) is 22.3 Å². The number of carbonyl (C=O) groups is 2. The van der Waals surface area contributed by atoms with Crippen molar-refractivity contribution in [3.8, 4) is 11.5 Å². The molecular formula is C24H27N9O5. The first-order valence-electron chi connectivity index (χ1n) is 11.9. The molecule has 2 unspecified atom stereocenters. The van der Waals surface area contributed by atoms with Gasteiger partial charge in [-0.1, -0.05) is 29.5 Å². The fourth-order valence-corrected chi connectivity index (χ4v) is 4.70. The monoisotopic (exact) mass is 521 g/mol. The molecule has 2 atom stereocenters. The fourth-order valence-electron chi connectivity index (χ4n) is 4.70. The smallest absolute Gasteiger partial charge is 0.277 e. The lowest BCUT2D eigenvalue weighted by atomic mass is 9.99. The highest BCUT2D eigenvalue weighted by Gasteiger charge is 2.42. The van der Waals surface area contributed by atoms with Crippen molar-refractivity contribution in [1.82, 2.24) is 21.2 Å². The average Bonchev–Trinajstić information content (AvgIpc) is 3.56. The van der Waals surface area contributed by atoms with Crippen molar-refractivity contribution in [1.29, 1.82) is 0 Å². The van der Waals surface area contributed by atoms with Gasteiger partial charge in [-0.05, 0) is 46.9 Å². The first-order valence-corrected chi connectivity index (χ1v) is 11.9. The lowest BCUT2D eigenvalue weighted by Crippen LogP contribution is -2.54. The Kier molecular flexibility index (Phi) is 6.93. The second-order valence-corrected chi connectivity index (χ2v) is 8.69. The molecule has 0 spiro atoms. The van der Waals surface area contributed by atoms with Gasteiger partial charge in [0.25, 0.3) is 11.8 Å². The Balaban J connectivity index is 1.36. The largest absolute Gasteiger partial charge is 0.496 e. The van der Waals surface area contributed by atoms with Gasteiger partial charge >= 0.3 is 0 Å². The third-order valence-corrected chi connectivity index (χ3v) is 6.50. The molecule has 0 saturated heterocycles. The molecule has 2 aliphatic rings. The number of nitrogen functional groups attached to an aromatic ring is 1. The Morgan fingerprint density at radius 3 is 2.55 bits per heavy atom. The molecule has 0 aliphatic carbocycles. The van der Waals surface area contributed by atoms with E-state index in [1.54, 1.807) is 18.2 Å². The quantitative estimate of drug-likeness (QED) is 0.387. The molecule has 0 radical (unpaired) electrons. The van der Waals surface area contributed by atoms with Crippen molar-refractivity contribution in [2.45, 2.75) is 24.9 Å². The van der Waals surface area contributed by atoms with Crippen LogP contribution in [-0.4, -0.2) is 61.5 Å². The highest BCUT2D eigenvalue weighted by molar-refractivity contribution is 6.00. The number of nitrogens with zero attached hydrogens (tertiary/aromatic N) is 6. The molecule has 2 amide bonds. The normalized spacial score (nSPS) is 18.2. The molecule has 3 aromatic rings. The van der Waals surface area contributed by atoms with Crippen LogP contribution in [0.15, 0.2) is 57.4 Å². The van der Waals surface area contributed by atoms with E-state index >= 15 is 0 Å². The third-order valence-electron chi connectivity index (χ3n) is 6.50. The van der Waals surface area contributed by atoms with Crippen molar-refractivity contribution < 1.29 is 23.7 Å². The van der Waals surface area contributed by atoms with Crippen molar-refractivity contribution in [2.75, 3.05) is 43.0 Å². The SMILES string of the molecule is COc1cccc(OC)c1C(=O)NNC(=O)C1N=NN(c2nonc2N)C1CN1CCCc2ccccc21. The summed E-state index contributed by atoms with van der Waals surface area (Å²) in [6, 6.07) is 11.4. The molecular weight excluding hydrogens is 494 g/mol. The summed E-state index contributed by atoms with van der Waals surface area (Å²) in [6.07, 6.45) is 1.93. The molecule has 14 nitrogen and oxygen atoms in total. The van der Waals surface area contributed by atoms with Crippen LogP contribution in [0, 0.1) is 0 Å². The molecule has 1 aromatic heterocycles. The topological polar surface area (TPSA) is 173 Å². The second kappa shape index (κ2) is 10.6. The number of aromatic nitrogens is 2. The zero-order valence-electron chi connectivity index (χ0n) is 20.8. The van der Waals surface area contributed by atoms with E-state index in [2.05, 4.69) is 42.5 Å². The average molecular weight is 522 g/mol. The van der Waals surface area contributed by atoms with Gasteiger partial charge in [0.1, 0.15) is 23.1 Å². The molecule has 198 valence electrons. The van der Waals surface area contributed by atoms with E-state index in [4.69, 9.17) is 19.8 Å². The number of hydrogen-bond acceptors (Lipinski definition) is 12. The molecule has 2 aliphatic heterocycles. The predicted octanol–water partition coefficient (Wildman–Crippen LogP) is 1.51. The first-order chi connectivity index (χ1) is 18.5. The van der Waals surface area contributed by atoms with Crippen LogP contribution in [0.25, 0.3) is 0 Å². The molecule has 14 heteroatoms. The fraction of sp³-hybridized carbons (Fsp3) is 0.333. The van der Waals surface area contributed by atoms with Gasteiger partial charge in [0, 0.05) is 18.8 Å². The van der Waals surface area contributed by atoms with Crippen LogP contribution in [0.4, 0.5) is 17.3 Å². The minimum Gasteiger partial charge on any atom is -0.496 e. The van der Waals surface area contributed by atoms with Crippen LogP contribution in [0.2, 0.25) is 0 Å². The summed E-state index contributed by atoms with van der Waals surface area (Å²) < 4.78 is 15.3. The Morgan fingerprint density at radius 1 is 1.08 bits per heavy atom. The Labute approximate surface area is 217 Å². The predicted molar refractivity (Wildman–Crippen MR) is 136 cm³/mol. The zero-order chi connectivity index (χ0) is 26.6. The third kappa shape index (κ3) is 4.63. The highest BCUT2D eigenvalue weighted by atomic mass is 16.6. The molecule has 4 N–H and O–H groups in total.